The van der Waals surface area contributed by atoms with Gasteiger partial charge in [0.05, 0.1) is 25.3 Å². The number of rotatable bonds is 27. The highest BCUT2D eigenvalue weighted by atomic mass is 32.2. The number of carboxylic acid groups (broad SMARTS) is 2. The van der Waals surface area contributed by atoms with Gasteiger partial charge in [0.1, 0.15) is 42.0 Å². The summed E-state index contributed by atoms with van der Waals surface area (Å²) in [7, 11) is 0. The minimum atomic E-state index is -1.79. The molecule has 63 heavy (non-hydrogen) atoms. The van der Waals surface area contributed by atoms with Gasteiger partial charge in [-0.1, -0.05) is 42.5 Å². The van der Waals surface area contributed by atoms with Gasteiger partial charge in [0.2, 0.25) is 41.4 Å². The molecule has 8 atom stereocenters. The Hall–Kier alpha value is -6.30. The van der Waals surface area contributed by atoms with Gasteiger partial charge in [-0.05, 0) is 68.4 Å². The molecule has 0 spiro atoms. The van der Waals surface area contributed by atoms with E-state index in [1.54, 1.807) is 48.7 Å². The molecule has 0 aliphatic carbocycles. The van der Waals surface area contributed by atoms with Gasteiger partial charge in [-0.2, -0.15) is 11.8 Å². The third kappa shape index (κ3) is 19.1. The molecule has 0 radical (unpaired) electrons. The van der Waals surface area contributed by atoms with Crippen molar-refractivity contribution < 1.29 is 68.7 Å². The van der Waals surface area contributed by atoms with Crippen LogP contribution in [0.2, 0.25) is 0 Å². The number of aliphatic hydroxyl groups excluding tert-OH is 2. The number of amides is 7. The molecule has 2 aromatic carbocycles. The van der Waals surface area contributed by atoms with Crippen molar-refractivity contribution in [2.24, 2.45) is 5.73 Å². The number of aliphatic carboxylic acids is 2. The van der Waals surface area contributed by atoms with Gasteiger partial charge in [0, 0.05) is 12.8 Å². The van der Waals surface area contributed by atoms with E-state index in [1.807, 2.05) is 5.32 Å². The molecule has 346 valence electrons. The first-order chi connectivity index (χ1) is 29.7. The van der Waals surface area contributed by atoms with E-state index in [-0.39, 0.29) is 25.0 Å². The molecule has 0 aliphatic heterocycles. The lowest BCUT2D eigenvalue weighted by Crippen LogP contribution is -2.62. The minimum Gasteiger partial charge on any atom is -0.508 e. The first kappa shape index (κ1) is 52.8. The number of nitrogens with one attached hydrogen (secondary N) is 7. The monoisotopic (exact) mass is 904 g/mol. The summed E-state index contributed by atoms with van der Waals surface area (Å²) < 4.78 is 0. The molecule has 0 fully saturated rings. The molecule has 14 N–H and O–H groups in total. The van der Waals surface area contributed by atoms with Crippen molar-refractivity contribution >= 4 is 65.1 Å². The highest BCUT2D eigenvalue weighted by molar-refractivity contribution is 7.98. The first-order valence-electron chi connectivity index (χ1n) is 19.6. The number of nitrogens with two attached hydrogens (primary N) is 1. The van der Waals surface area contributed by atoms with Crippen LogP contribution in [0.4, 0.5) is 0 Å². The number of phenols is 1. The van der Waals surface area contributed by atoms with Crippen LogP contribution < -0.4 is 43.0 Å². The zero-order valence-corrected chi connectivity index (χ0v) is 35.7. The van der Waals surface area contributed by atoms with Crippen molar-refractivity contribution in [1.29, 1.82) is 0 Å². The number of aliphatic hydroxyl groups is 2. The Balaban J connectivity index is 2.14. The van der Waals surface area contributed by atoms with Crippen LogP contribution in [0, 0.1) is 0 Å². The Morgan fingerprint density at radius 1 is 0.651 bits per heavy atom. The largest absolute Gasteiger partial charge is 0.508 e. The van der Waals surface area contributed by atoms with Crippen molar-refractivity contribution in [3.05, 3.63) is 65.7 Å². The second-order valence-corrected chi connectivity index (χ2v) is 15.4. The van der Waals surface area contributed by atoms with Gasteiger partial charge in [-0.3, -0.25) is 38.4 Å². The maximum atomic E-state index is 13.8. The SMILES string of the molecule is CSCC[C@H](NC(=O)[C@H](Cc1ccccc1)NC(=O)CNC(=O)[C@@H](C)NC(=O)[C@@H](N)Cc1ccc(O)cc1)C(=O)N[C@H](C(=O)N[C@@H](CO)C(=O)N[C@@H](CCC(=O)O)C(=O)O)[C@@H](C)O. The van der Waals surface area contributed by atoms with Crippen LogP contribution in [0.1, 0.15) is 44.2 Å². The number of carbonyl (C=O) groups is 9. The van der Waals surface area contributed by atoms with Crippen molar-refractivity contribution in [1.82, 2.24) is 37.2 Å². The predicted octanol–water partition coefficient (Wildman–Crippen LogP) is -3.37. The molecule has 0 heterocycles. The maximum Gasteiger partial charge on any atom is 0.326 e. The zero-order chi connectivity index (χ0) is 47.2. The van der Waals surface area contributed by atoms with Crippen LogP contribution in [0.5, 0.6) is 5.75 Å². The number of aromatic hydroxyl groups is 1. The smallest absolute Gasteiger partial charge is 0.326 e. The van der Waals surface area contributed by atoms with Gasteiger partial charge in [0.15, 0.2) is 0 Å². The molecular weight excluding hydrogens is 849 g/mol. The van der Waals surface area contributed by atoms with Gasteiger partial charge >= 0.3 is 11.9 Å². The second-order valence-electron chi connectivity index (χ2n) is 14.4. The van der Waals surface area contributed by atoms with Crippen LogP contribution in [-0.4, -0.2) is 152 Å². The lowest BCUT2D eigenvalue weighted by atomic mass is 10.0. The van der Waals surface area contributed by atoms with E-state index in [2.05, 4.69) is 31.9 Å². The zero-order valence-electron chi connectivity index (χ0n) is 34.9. The van der Waals surface area contributed by atoms with Gasteiger partial charge in [0.25, 0.3) is 0 Å². The van der Waals surface area contributed by atoms with Gasteiger partial charge in [-0.25, -0.2) is 4.79 Å². The van der Waals surface area contributed by atoms with Gasteiger partial charge < -0.3 is 68.5 Å². The van der Waals surface area contributed by atoms with E-state index in [4.69, 9.17) is 10.8 Å². The number of carboxylic acids is 2. The molecule has 0 aromatic heterocycles. The standard InChI is InChI=1S/C40H56N8O14S/c1-21(43-35(56)26(41)17-24-9-11-25(51)12-10-24)34(55)42-19-31(52)44-29(18-23-7-5-4-6-8-23)37(58)45-27(15-16-63-3)36(57)48-33(22(2)50)39(60)47-30(20-49)38(59)46-28(40(61)62)13-14-32(53)54/h4-12,21-22,26-30,33,49-51H,13-20,41H2,1-3H3,(H,42,55)(H,43,56)(H,44,52)(H,45,58)(H,46,59)(H,47,60)(H,48,57)(H,53,54)(H,61,62)/t21-,22-,26+,27+,28+,29+,30+,33+/m1/s1. The number of phenolic OH excluding ortho intramolecular Hbond substituents is 1. The van der Waals surface area contributed by atoms with Gasteiger partial charge in [-0.15, -0.1) is 0 Å². The molecule has 22 nitrogen and oxygen atoms in total. The van der Waals surface area contributed by atoms with Crippen LogP contribution >= 0.6 is 11.8 Å². The van der Waals surface area contributed by atoms with E-state index < -0.39 is 128 Å². The van der Waals surface area contributed by atoms with Crippen LogP contribution in [-0.2, 0) is 56.0 Å². The third-order valence-electron chi connectivity index (χ3n) is 9.22. The molecule has 0 unspecified atom stereocenters. The average Bonchev–Trinajstić information content (AvgIpc) is 3.23. The van der Waals surface area contributed by atoms with E-state index in [0.717, 1.165) is 6.92 Å². The maximum absolute atomic E-state index is 13.8. The third-order valence-corrected chi connectivity index (χ3v) is 9.87. The molecule has 0 saturated heterocycles. The lowest BCUT2D eigenvalue weighted by Gasteiger charge is -2.27. The second kappa shape index (κ2) is 26.9. The summed E-state index contributed by atoms with van der Waals surface area (Å²) >= 11 is 1.31. The van der Waals surface area contributed by atoms with Crippen molar-refractivity contribution in [3.8, 4) is 5.75 Å². The summed E-state index contributed by atoms with van der Waals surface area (Å²) in [6, 6.07) is 4.50. The summed E-state index contributed by atoms with van der Waals surface area (Å²) in [6.07, 6.45) is -0.973. The molecule has 23 heteroatoms. The molecule has 0 saturated carbocycles. The average molecular weight is 905 g/mol. The molecule has 2 aromatic rings. The van der Waals surface area contributed by atoms with E-state index in [1.165, 1.54) is 30.8 Å². The summed E-state index contributed by atoms with van der Waals surface area (Å²) in [5, 5.41) is 64.4. The minimum absolute atomic E-state index is 0.00819. The topological polar surface area (TPSA) is 365 Å². The number of hydrogen-bond donors (Lipinski definition) is 13. The molecule has 0 bridgehead atoms. The summed E-state index contributed by atoms with van der Waals surface area (Å²) in [5.74, 6) is -8.92. The summed E-state index contributed by atoms with van der Waals surface area (Å²) in [4.78, 5) is 115. The Morgan fingerprint density at radius 2 is 1.22 bits per heavy atom. The first-order valence-corrected chi connectivity index (χ1v) is 21.0. The van der Waals surface area contributed by atoms with Crippen LogP contribution in [0.15, 0.2) is 54.6 Å². The Morgan fingerprint density at radius 3 is 1.79 bits per heavy atom. The number of carbonyl (C=O) groups excluding carboxylic acids is 7. The predicted molar refractivity (Wildman–Crippen MR) is 226 cm³/mol. The molecule has 2 rings (SSSR count). The highest BCUT2D eigenvalue weighted by Gasteiger charge is 2.34. The quantitative estimate of drug-likeness (QED) is 0.0416. The van der Waals surface area contributed by atoms with Crippen molar-refractivity contribution in [3.63, 3.8) is 0 Å². The molecule has 7 amide bonds. The Kier molecular flexibility index (Phi) is 22.6. The fourth-order valence-corrected chi connectivity index (χ4v) is 6.15. The van der Waals surface area contributed by atoms with Crippen LogP contribution in [0.3, 0.4) is 0 Å². The normalized spacial score (nSPS) is 14.7. The van der Waals surface area contributed by atoms with E-state index >= 15 is 0 Å². The highest BCUT2D eigenvalue weighted by Crippen LogP contribution is 2.11. The number of thioether (sulfide) groups is 1. The molecular formula is C40H56N8O14S. The van der Waals surface area contributed by atoms with E-state index in [9.17, 15) is 63.6 Å². The Bertz CT molecular complexity index is 1890. The number of hydrogen-bond acceptors (Lipinski definition) is 14. The number of benzene rings is 2. The fourth-order valence-electron chi connectivity index (χ4n) is 5.68. The molecule has 0 aliphatic rings. The fraction of sp³-hybridized carbons (Fsp3) is 0.475. The summed E-state index contributed by atoms with van der Waals surface area (Å²) in [5.41, 5.74) is 7.27. The van der Waals surface area contributed by atoms with Crippen molar-refractivity contribution in [2.45, 2.75) is 94.3 Å². The van der Waals surface area contributed by atoms with Crippen LogP contribution in [0.25, 0.3) is 0 Å². The van der Waals surface area contributed by atoms with Crippen molar-refractivity contribution in [2.75, 3.05) is 25.2 Å². The van der Waals surface area contributed by atoms with E-state index in [0.29, 0.717) is 16.9 Å². The Labute approximate surface area is 366 Å². The lowest BCUT2D eigenvalue weighted by molar-refractivity contribution is -0.144. The summed E-state index contributed by atoms with van der Waals surface area (Å²) in [6.45, 7) is 0.835.